The first-order valence-electron chi connectivity index (χ1n) is 6.12. The normalized spacial score (nSPS) is 10.3. The number of hydrogen-bond acceptors (Lipinski definition) is 2. The Bertz CT molecular complexity index is 529. The summed E-state index contributed by atoms with van der Waals surface area (Å²) in [5.41, 5.74) is 2.11. The van der Waals surface area contributed by atoms with Crippen LogP contribution in [0.5, 0.6) is 0 Å². The Kier molecular flexibility index (Phi) is 4.94. The van der Waals surface area contributed by atoms with Crippen LogP contribution in [0.4, 0.5) is 11.4 Å². The van der Waals surface area contributed by atoms with Crippen molar-refractivity contribution < 1.29 is 0 Å². The van der Waals surface area contributed by atoms with E-state index in [-0.39, 0.29) is 0 Å². The number of rotatable bonds is 5. The van der Waals surface area contributed by atoms with E-state index in [1.807, 2.05) is 30.3 Å². The molecule has 4 heteroatoms. The lowest BCUT2D eigenvalue weighted by molar-refractivity contribution is 0.915. The Labute approximate surface area is 123 Å². The molecule has 1 N–H and O–H groups in total. The highest BCUT2D eigenvalue weighted by atomic mass is 35.5. The summed E-state index contributed by atoms with van der Waals surface area (Å²) in [5, 5.41) is 4.61. The van der Waals surface area contributed by atoms with Crippen LogP contribution in [0, 0.1) is 0 Å². The molecule has 0 saturated heterocycles. The maximum Gasteiger partial charge on any atom is 0.0652 e. The van der Waals surface area contributed by atoms with Gasteiger partial charge in [0.15, 0.2) is 0 Å². The number of halogens is 2. The molecule has 0 bridgehead atoms. The highest BCUT2D eigenvalue weighted by molar-refractivity contribution is 6.36. The van der Waals surface area contributed by atoms with E-state index >= 15 is 0 Å². The number of nitrogens with zero attached hydrogens (tertiary/aromatic N) is 1. The summed E-state index contributed by atoms with van der Waals surface area (Å²) >= 11 is 12.0. The van der Waals surface area contributed by atoms with Crippen LogP contribution < -0.4 is 10.2 Å². The minimum absolute atomic E-state index is 0.648. The number of likely N-dealkylation sites (N-methyl/N-ethyl adjacent to an activating group) is 1. The molecule has 2 aromatic rings. The van der Waals surface area contributed by atoms with Gasteiger partial charge in [-0.1, -0.05) is 41.4 Å². The quantitative estimate of drug-likeness (QED) is 0.871. The van der Waals surface area contributed by atoms with E-state index in [0.29, 0.717) is 10.0 Å². The minimum atomic E-state index is 0.648. The van der Waals surface area contributed by atoms with Gasteiger partial charge in [-0.05, 0) is 30.3 Å². The second-order valence-electron chi connectivity index (χ2n) is 4.31. The summed E-state index contributed by atoms with van der Waals surface area (Å²) in [6.45, 7) is 1.70. The van der Waals surface area contributed by atoms with Crippen molar-refractivity contribution in [3.63, 3.8) is 0 Å². The molecule has 0 heterocycles. The second kappa shape index (κ2) is 6.69. The lowest BCUT2D eigenvalue weighted by Crippen LogP contribution is -2.24. The Morgan fingerprint density at radius 2 is 1.79 bits per heavy atom. The van der Waals surface area contributed by atoms with Gasteiger partial charge in [-0.2, -0.15) is 0 Å². The molecular weight excluding hydrogens is 279 g/mol. The van der Waals surface area contributed by atoms with Gasteiger partial charge >= 0.3 is 0 Å². The van der Waals surface area contributed by atoms with Gasteiger partial charge in [0, 0.05) is 30.8 Å². The van der Waals surface area contributed by atoms with Crippen LogP contribution in [-0.4, -0.2) is 20.1 Å². The zero-order valence-electron chi connectivity index (χ0n) is 10.7. The van der Waals surface area contributed by atoms with Gasteiger partial charge in [-0.25, -0.2) is 0 Å². The number of nitrogens with one attached hydrogen (secondary N) is 1. The van der Waals surface area contributed by atoms with Gasteiger partial charge in [0.2, 0.25) is 0 Å². The average Bonchev–Trinajstić information content (AvgIpc) is 2.42. The Hall–Kier alpha value is -1.38. The Morgan fingerprint density at radius 1 is 1.05 bits per heavy atom. The van der Waals surface area contributed by atoms with Crippen molar-refractivity contribution in [3.8, 4) is 0 Å². The Morgan fingerprint density at radius 3 is 2.47 bits per heavy atom. The van der Waals surface area contributed by atoms with E-state index in [2.05, 4.69) is 29.4 Å². The third kappa shape index (κ3) is 4.05. The lowest BCUT2D eigenvalue weighted by Gasteiger charge is -2.20. The largest absolute Gasteiger partial charge is 0.382 e. The molecule has 0 aliphatic rings. The zero-order valence-corrected chi connectivity index (χ0v) is 12.2. The number of benzene rings is 2. The fourth-order valence-corrected chi connectivity index (χ4v) is 2.28. The molecule has 0 radical (unpaired) electrons. The van der Waals surface area contributed by atoms with Crippen molar-refractivity contribution in [3.05, 3.63) is 58.6 Å². The van der Waals surface area contributed by atoms with Gasteiger partial charge in [0.25, 0.3) is 0 Å². The van der Waals surface area contributed by atoms with Gasteiger partial charge in [-0.3, -0.25) is 0 Å². The maximum atomic E-state index is 6.10. The Balaban J connectivity index is 1.86. The summed E-state index contributed by atoms with van der Waals surface area (Å²) in [6, 6.07) is 15.7. The molecule has 100 valence electrons. The summed E-state index contributed by atoms with van der Waals surface area (Å²) in [7, 11) is 2.07. The fraction of sp³-hybridized carbons (Fsp3) is 0.200. The third-order valence-corrected chi connectivity index (χ3v) is 3.44. The highest BCUT2D eigenvalue weighted by Gasteiger charge is 2.02. The van der Waals surface area contributed by atoms with Gasteiger partial charge in [-0.15, -0.1) is 0 Å². The summed E-state index contributed by atoms with van der Waals surface area (Å²) in [6.07, 6.45) is 0. The standard InChI is InChI=1S/C15H16Cl2N2/c1-19(13-5-3-2-4-6-13)10-9-18-15-8-7-12(16)11-14(15)17/h2-8,11,18H,9-10H2,1H3. The second-order valence-corrected chi connectivity index (χ2v) is 5.15. The van der Waals surface area contributed by atoms with Crippen LogP contribution >= 0.6 is 23.2 Å². The molecule has 0 fully saturated rings. The van der Waals surface area contributed by atoms with Crippen molar-refractivity contribution in [2.45, 2.75) is 0 Å². The summed E-state index contributed by atoms with van der Waals surface area (Å²) < 4.78 is 0. The van der Waals surface area contributed by atoms with Gasteiger partial charge < -0.3 is 10.2 Å². The number of anilines is 2. The first-order chi connectivity index (χ1) is 9.16. The molecule has 19 heavy (non-hydrogen) atoms. The monoisotopic (exact) mass is 294 g/mol. The van der Waals surface area contributed by atoms with Crippen molar-refractivity contribution in [1.82, 2.24) is 0 Å². The first-order valence-corrected chi connectivity index (χ1v) is 6.87. The van der Waals surface area contributed by atoms with Crippen LogP contribution in [0.15, 0.2) is 48.5 Å². The SMILES string of the molecule is CN(CCNc1ccc(Cl)cc1Cl)c1ccccc1. The fourth-order valence-electron chi connectivity index (χ4n) is 1.80. The molecule has 0 aromatic heterocycles. The molecule has 0 spiro atoms. The van der Waals surface area contributed by atoms with E-state index in [9.17, 15) is 0 Å². The third-order valence-electron chi connectivity index (χ3n) is 2.89. The highest BCUT2D eigenvalue weighted by Crippen LogP contribution is 2.25. The molecule has 2 aromatic carbocycles. The van der Waals surface area contributed by atoms with Crippen molar-refractivity contribution >= 4 is 34.6 Å². The van der Waals surface area contributed by atoms with Gasteiger partial charge in [0.1, 0.15) is 0 Å². The molecule has 0 atom stereocenters. The van der Waals surface area contributed by atoms with Crippen molar-refractivity contribution in [1.29, 1.82) is 0 Å². The van der Waals surface area contributed by atoms with Crippen LogP contribution in [0.1, 0.15) is 0 Å². The average molecular weight is 295 g/mol. The molecular formula is C15H16Cl2N2. The molecule has 0 aliphatic carbocycles. The molecule has 2 nitrogen and oxygen atoms in total. The molecule has 2 rings (SSSR count). The summed E-state index contributed by atoms with van der Waals surface area (Å²) in [4.78, 5) is 2.19. The van der Waals surface area contributed by atoms with E-state index in [0.717, 1.165) is 18.8 Å². The molecule has 0 amide bonds. The van der Waals surface area contributed by atoms with E-state index in [1.54, 1.807) is 6.07 Å². The molecule has 0 unspecified atom stereocenters. The van der Waals surface area contributed by atoms with Gasteiger partial charge in [0.05, 0.1) is 10.7 Å². The lowest BCUT2D eigenvalue weighted by atomic mass is 10.3. The van der Waals surface area contributed by atoms with Crippen molar-refractivity contribution in [2.75, 3.05) is 30.4 Å². The maximum absolute atomic E-state index is 6.10. The predicted octanol–water partition coefficient (Wildman–Crippen LogP) is 4.54. The minimum Gasteiger partial charge on any atom is -0.382 e. The van der Waals surface area contributed by atoms with Crippen LogP contribution in [0.2, 0.25) is 10.0 Å². The smallest absolute Gasteiger partial charge is 0.0652 e. The zero-order chi connectivity index (χ0) is 13.7. The number of para-hydroxylation sites is 1. The predicted molar refractivity (Wildman–Crippen MR) is 84.7 cm³/mol. The van der Waals surface area contributed by atoms with E-state index in [1.165, 1.54) is 5.69 Å². The van der Waals surface area contributed by atoms with Crippen LogP contribution in [-0.2, 0) is 0 Å². The van der Waals surface area contributed by atoms with Crippen molar-refractivity contribution in [2.24, 2.45) is 0 Å². The van der Waals surface area contributed by atoms with Crippen LogP contribution in [0.3, 0.4) is 0 Å². The molecule has 0 saturated carbocycles. The van der Waals surface area contributed by atoms with E-state index < -0.39 is 0 Å². The molecule has 0 aliphatic heterocycles. The van der Waals surface area contributed by atoms with E-state index in [4.69, 9.17) is 23.2 Å². The first kappa shape index (κ1) is 14.0. The summed E-state index contributed by atoms with van der Waals surface area (Å²) in [5.74, 6) is 0. The topological polar surface area (TPSA) is 15.3 Å². The number of hydrogen-bond donors (Lipinski definition) is 1. The van der Waals surface area contributed by atoms with Crippen LogP contribution in [0.25, 0.3) is 0 Å².